The van der Waals surface area contributed by atoms with Gasteiger partial charge in [0.15, 0.2) is 0 Å². The summed E-state index contributed by atoms with van der Waals surface area (Å²) in [5, 5.41) is 6.65. The van der Waals surface area contributed by atoms with Crippen molar-refractivity contribution in [3.8, 4) is 0 Å². The molecule has 0 aliphatic rings. The maximum Gasteiger partial charge on any atom is 0.0934 e. The first-order chi connectivity index (χ1) is 13.0. The van der Waals surface area contributed by atoms with Crippen LogP contribution in [0.1, 0.15) is 44.6 Å². The van der Waals surface area contributed by atoms with E-state index in [1.807, 2.05) is 24.3 Å². The van der Waals surface area contributed by atoms with Gasteiger partial charge in [-0.2, -0.15) is 5.10 Å². The quantitative estimate of drug-likeness (QED) is 0.233. The van der Waals surface area contributed by atoms with Crippen LogP contribution in [0.15, 0.2) is 47.6 Å². The van der Waals surface area contributed by atoms with Gasteiger partial charge >= 0.3 is 0 Å². The lowest BCUT2D eigenvalue weighted by atomic mass is 10.1. The Labute approximate surface area is 181 Å². The second-order valence-electron chi connectivity index (χ2n) is 6.13. The van der Waals surface area contributed by atoms with Crippen LogP contribution in [0.5, 0.6) is 0 Å². The van der Waals surface area contributed by atoms with Gasteiger partial charge in [-0.25, -0.2) is 0 Å². The van der Waals surface area contributed by atoms with E-state index in [0.717, 1.165) is 24.1 Å². The summed E-state index contributed by atoms with van der Waals surface area (Å²) in [6.07, 6.45) is 9.44. The van der Waals surface area contributed by atoms with Gasteiger partial charge in [0.1, 0.15) is 0 Å². The molecule has 0 aliphatic heterocycles. The van der Waals surface area contributed by atoms with Crippen molar-refractivity contribution in [3.63, 3.8) is 0 Å². The number of para-hydroxylation sites is 1. The third-order valence-electron chi connectivity index (χ3n) is 3.97. The smallest absolute Gasteiger partial charge is 0.0934 e. The number of anilines is 1. The van der Waals surface area contributed by atoms with E-state index in [1.54, 1.807) is 24.3 Å². The van der Waals surface area contributed by atoms with Crippen molar-refractivity contribution in [3.05, 3.63) is 68.1 Å². The minimum absolute atomic E-state index is 0.529. The molecule has 2 aromatic rings. The first-order valence-corrected chi connectivity index (χ1v) is 10.4. The molecule has 0 spiro atoms. The van der Waals surface area contributed by atoms with Crippen LogP contribution in [-0.4, -0.2) is 5.71 Å². The highest BCUT2D eigenvalue weighted by Gasteiger charge is 2.05. The van der Waals surface area contributed by atoms with Crippen LogP contribution in [0.2, 0.25) is 20.1 Å². The first-order valence-electron chi connectivity index (χ1n) is 8.91. The Bertz CT molecular complexity index is 796. The summed E-state index contributed by atoms with van der Waals surface area (Å²) in [7, 11) is 0. The average Bonchev–Trinajstić information content (AvgIpc) is 2.64. The normalized spacial score (nSPS) is 12.0. The first kappa shape index (κ1) is 22.1. The van der Waals surface area contributed by atoms with Gasteiger partial charge in [0.05, 0.1) is 31.5 Å². The number of allylic oxidation sites excluding steroid dienone is 1. The van der Waals surface area contributed by atoms with Crippen molar-refractivity contribution in [2.75, 3.05) is 5.43 Å². The van der Waals surface area contributed by atoms with Crippen molar-refractivity contribution >= 4 is 63.9 Å². The molecule has 0 aliphatic carbocycles. The Kier molecular flexibility index (Phi) is 9.50. The van der Waals surface area contributed by atoms with Crippen LogP contribution in [0.25, 0.3) is 6.08 Å². The summed E-state index contributed by atoms with van der Waals surface area (Å²) in [6.45, 7) is 2.19. The summed E-state index contributed by atoms with van der Waals surface area (Å²) in [5.74, 6) is 0. The largest absolute Gasteiger partial charge is 0.275 e. The molecule has 2 nitrogen and oxygen atoms in total. The summed E-state index contributed by atoms with van der Waals surface area (Å²) < 4.78 is 0. The molecule has 1 N–H and O–H groups in total. The van der Waals surface area contributed by atoms with Gasteiger partial charge in [-0.3, -0.25) is 5.43 Å². The highest BCUT2D eigenvalue weighted by molar-refractivity contribution is 6.42. The zero-order valence-corrected chi connectivity index (χ0v) is 18.1. The highest BCUT2D eigenvalue weighted by atomic mass is 35.5. The number of unbranched alkanes of at least 4 members (excludes halogenated alkanes) is 3. The third-order valence-corrected chi connectivity index (χ3v) is 5.34. The topological polar surface area (TPSA) is 24.4 Å². The molecular formula is C21H22Cl4N2. The summed E-state index contributed by atoms with van der Waals surface area (Å²) >= 11 is 24.5. The lowest BCUT2D eigenvalue weighted by molar-refractivity contribution is 0.683. The fourth-order valence-electron chi connectivity index (χ4n) is 2.45. The van der Waals surface area contributed by atoms with E-state index >= 15 is 0 Å². The molecule has 2 rings (SSSR count). The molecule has 0 saturated heterocycles. The second kappa shape index (κ2) is 11.6. The van der Waals surface area contributed by atoms with Crippen molar-refractivity contribution in [1.29, 1.82) is 0 Å². The number of rotatable bonds is 9. The van der Waals surface area contributed by atoms with Gasteiger partial charge < -0.3 is 0 Å². The molecule has 2 aromatic carbocycles. The number of benzene rings is 2. The standard InChI is InChI=1S/C21H22Cl4N2/c1-2-3-4-5-7-16(12-10-15-11-13-17(22)20(25)14-15)26-27-21-18(23)8-6-9-19(21)24/h6,8-14,27H,2-5,7H2,1H3. The Balaban J connectivity index is 2.16. The van der Waals surface area contributed by atoms with Gasteiger partial charge in [-0.1, -0.05) is 90.8 Å². The molecule has 0 saturated carbocycles. The van der Waals surface area contributed by atoms with Crippen molar-refractivity contribution in [2.45, 2.75) is 39.0 Å². The number of hydrogen-bond acceptors (Lipinski definition) is 2. The van der Waals surface area contributed by atoms with Gasteiger partial charge in [-0.15, -0.1) is 0 Å². The molecule has 0 atom stereocenters. The molecule has 0 bridgehead atoms. The summed E-state index contributed by atoms with van der Waals surface area (Å²) in [4.78, 5) is 0. The van der Waals surface area contributed by atoms with E-state index < -0.39 is 0 Å². The maximum absolute atomic E-state index is 6.20. The Morgan fingerprint density at radius 2 is 1.67 bits per heavy atom. The number of hydrogen-bond donors (Lipinski definition) is 1. The zero-order chi connectivity index (χ0) is 19.6. The van der Waals surface area contributed by atoms with E-state index in [1.165, 1.54) is 19.3 Å². The Hall–Kier alpha value is -1.19. The van der Waals surface area contributed by atoms with Crippen molar-refractivity contribution in [2.24, 2.45) is 5.10 Å². The van der Waals surface area contributed by atoms with E-state index in [0.29, 0.717) is 25.8 Å². The fraction of sp³-hybridized carbons (Fsp3) is 0.286. The van der Waals surface area contributed by atoms with E-state index in [9.17, 15) is 0 Å². The third kappa shape index (κ3) is 7.38. The lowest BCUT2D eigenvalue weighted by Gasteiger charge is -2.08. The predicted octanol–water partition coefficient (Wildman–Crippen LogP) is 8.75. The molecule has 0 amide bonds. The average molecular weight is 444 g/mol. The van der Waals surface area contributed by atoms with Crippen LogP contribution < -0.4 is 5.43 Å². The fourth-order valence-corrected chi connectivity index (χ4v) is 3.24. The molecule has 27 heavy (non-hydrogen) atoms. The van der Waals surface area contributed by atoms with Crippen LogP contribution in [0.3, 0.4) is 0 Å². The molecule has 0 aromatic heterocycles. The zero-order valence-electron chi connectivity index (χ0n) is 15.1. The molecular weight excluding hydrogens is 422 g/mol. The van der Waals surface area contributed by atoms with Gasteiger partial charge in [0.25, 0.3) is 0 Å². The molecule has 0 heterocycles. The number of nitrogens with zero attached hydrogens (tertiary/aromatic N) is 1. The van der Waals surface area contributed by atoms with E-state index in [4.69, 9.17) is 46.4 Å². The lowest BCUT2D eigenvalue weighted by Crippen LogP contribution is -2.00. The minimum atomic E-state index is 0.529. The number of halogens is 4. The minimum Gasteiger partial charge on any atom is -0.275 e. The SMILES string of the molecule is CCCCCCC(C=Cc1ccc(Cl)c(Cl)c1)=NNc1c(Cl)cccc1Cl. The molecule has 144 valence electrons. The number of nitrogens with one attached hydrogen (secondary N) is 1. The van der Waals surface area contributed by atoms with Gasteiger partial charge in [0, 0.05) is 0 Å². The van der Waals surface area contributed by atoms with E-state index in [-0.39, 0.29) is 0 Å². The van der Waals surface area contributed by atoms with Crippen LogP contribution in [0.4, 0.5) is 5.69 Å². The van der Waals surface area contributed by atoms with Crippen molar-refractivity contribution < 1.29 is 0 Å². The van der Waals surface area contributed by atoms with Crippen LogP contribution in [-0.2, 0) is 0 Å². The number of hydrazone groups is 1. The Morgan fingerprint density at radius 3 is 2.33 bits per heavy atom. The van der Waals surface area contributed by atoms with Gasteiger partial charge in [0.2, 0.25) is 0 Å². The second-order valence-corrected chi connectivity index (χ2v) is 7.76. The maximum atomic E-state index is 6.20. The van der Waals surface area contributed by atoms with Crippen LogP contribution >= 0.6 is 46.4 Å². The molecule has 0 fully saturated rings. The van der Waals surface area contributed by atoms with Crippen LogP contribution in [0, 0.1) is 0 Å². The highest BCUT2D eigenvalue weighted by Crippen LogP contribution is 2.30. The molecule has 0 radical (unpaired) electrons. The van der Waals surface area contributed by atoms with Gasteiger partial charge in [-0.05, 0) is 48.7 Å². The van der Waals surface area contributed by atoms with Crippen molar-refractivity contribution in [1.82, 2.24) is 0 Å². The van der Waals surface area contributed by atoms with E-state index in [2.05, 4.69) is 17.5 Å². The monoisotopic (exact) mass is 442 g/mol. The predicted molar refractivity (Wildman–Crippen MR) is 122 cm³/mol. The molecule has 0 unspecified atom stereocenters. The summed E-state index contributed by atoms with van der Waals surface area (Å²) in [6, 6.07) is 10.9. The Morgan fingerprint density at radius 1 is 0.926 bits per heavy atom. The summed E-state index contributed by atoms with van der Waals surface area (Å²) in [5.41, 5.74) is 5.48. The molecule has 6 heteroatoms.